The van der Waals surface area contributed by atoms with Crippen molar-refractivity contribution in [2.75, 3.05) is 44.5 Å². The van der Waals surface area contributed by atoms with E-state index in [9.17, 15) is 28.8 Å². The van der Waals surface area contributed by atoms with Gasteiger partial charge in [0.2, 0.25) is 11.8 Å². The number of alkyl carbamates (subject to hydrolysis) is 1. The van der Waals surface area contributed by atoms with Gasteiger partial charge in [0, 0.05) is 47.8 Å². The number of aliphatic carboxylic acids is 1. The van der Waals surface area contributed by atoms with Crippen LogP contribution in [0.25, 0.3) is 22.3 Å². The van der Waals surface area contributed by atoms with E-state index in [0.717, 1.165) is 44.9 Å². The molecule has 3 amide bonds. The lowest BCUT2D eigenvalue weighted by Crippen LogP contribution is -2.56. The van der Waals surface area contributed by atoms with Crippen molar-refractivity contribution in [3.05, 3.63) is 41.8 Å². The smallest absolute Gasteiger partial charge is 0.408 e. The van der Waals surface area contributed by atoms with Crippen molar-refractivity contribution < 1.29 is 52.1 Å². The zero-order valence-electron chi connectivity index (χ0n) is 38.0. The number of anilines is 1. The van der Waals surface area contributed by atoms with Crippen molar-refractivity contribution >= 4 is 58.8 Å². The van der Waals surface area contributed by atoms with E-state index in [1.165, 1.54) is 16.2 Å². The van der Waals surface area contributed by atoms with Crippen LogP contribution in [0.3, 0.4) is 0 Å². The number of thiazole rings is 1. The third-order valence-electron chi connectivity index (χ3n) is 12.7. The first kappa shape index (κ1) is 48.2. The van der Waals surface area contributed by atoms with Crippen LogP contribution in [-0.2, 0) is 32.7 Å². The molecule has 2 aromatic heterocycles. The van der Waals surface area contributed by atoms with Crippen LogP contribution in [0.1, 0.15) is 98.3 Å². The van der Waals surface area contributed by atoms with E-state index in [1.807, 2.05) is 42.3 Å². The maximum Gasteiger partial charge on any atom is 0.408 e. The normalized spacial score (nSPS) is 24.7. The average molecular weight is 939 g/mol. The van der Waals surface area contributed by atoms with Gasteiger partial charge in [0.1, 0.15) is 47.0 Å². The lowest BCUT2D eigenvalue weighted by molar-refractivity contribution is -0.145. The second-order valence-electron chi connectivity index (χ2n) is 17.5. The Labute approximate surface area is 384 Å². The summed E-state index contributed by atoms with van der Waals surface area (Å²) in [6, 6.07) is 5.15. The molecule has 0 spiro atoms. The topological polar surface area (TPSA) is 208 Å². The van der Waals surface area contributed by atoms with E-state index in [-0.39, 0.29) is 56.8 Å². The molecular weight excluding hydrogens is 876 g/mol. The third-order valence-corrected chi connectivity index (χ3v) is 15.6. The maximum absolute atomic E-state index is 14.7. The predicted octanol–water partition coefficient (Wildman–Crippen LogP) is 7.71. The van der Waals surface area contributed by atoms with Crippen LogP contribution in [0.15, 0.2) is 41.8 Å². The summed E-state index contributed by atoms with van der Waals surface area (Å²) < 4.78 is 42.5. The van der Waals surface area contributed by atoms with Gasteiger partial charge in [-0.2, -0.15) is 0 Å². The Bertz CT molecular complexity index is 2260. The van der Waals surface area contributed by atoms with Crippen LogP contribution in [0.2, 0.25) is 0 Å². The fourth-order valence-corrected chi connectivity index (χ4v) is 11.6. The summed E-state index contributed by atoms with van der Waals surface area (Å²) in [4.78, 5) is 68.4. The molecule has 4 heterocycles. The molecule has 5 atom stereocenters. The zero-order chi connectivity index (χ0) is 46.3. The monoisotopic (exact) mass is 938 g/mol. The minimum Gasteiger partial charge on any atom is -0.497 e. The molecule has 2 aliphatic heterocycles. The lowest BCUT2D eigenvalue weighted by Gasteiger charge is -2.29. The average Bonchev–Trinajstić information content (AvgIpc) is 3.71. The standard InChI is InChI=1S/C46H63N6O11PS/c1-6-60-64(58,61-7-2)22-21-51(29(3)4)44-48-38(28-65-44)37-25-40(34-20-19-32(59-5)23-36(34)47-37)62-33-24-39-41(53)50-46(43(55)56)26-30(46)15-11-9-8-10-12-18-35(42(54)52(39)27-33)49-45(57)63-31-16-13-14-17-31/h11,15,19-20,23,25,28-31,33,35,39H,6-10,12-14,16-18,21-22,24,26-27H2,1-5H3,(H,49,57)(H,50,53)(H,55,56)/b15-11-/t30-,33-,35+,39+,46-/m1/s1. The Kier molecular flexibility index (Phi) is 15.7. The van der Waals surface area contributed by atoms with E-state index in [4.69, 9.17) is 33.2 Å². The van der Waals surface area contributed by atoms with Crippen LogP contribution < -0.4 is 25.0 Å². The molecule has 7 rings (SSSR count). The number of benzene rings is 1. The number of amides is 3. The van der Waals surface area contributed by atoms with Gasteiger partial charge in [-0.15, -0.1) is 11.3 Å². The summed E-state index contributed by atoms with van der Waals surface area (Å²) in [6.45, 7) is 8.54. The van der Waals surface area contributed by atoms with Crippen LogP contribution in [0.5, 0.6) is 11.5 Å². The number of carbonyl (C=O) groups is 4. The molecule has 17 nitrogen and oxygen atoms in total. The largest absolute Gasteiger partial charge is 0.497 e. The third kappa shape index (κ3) is 11.4. The zero-order valence-corrected chi connectivity index (χ0v) is 39.7. The molecule has 19 heteroatoms. The van der Waals surface area contributed by atoms with E-state index >= 15 is 0 Å². The molecule has 0 radical (unpaired) electrons. The second kappa shape index (κ2) is 21.2. The van der Waals surface area contributed by atoms with Gasteiger partial charge in [0.25, 0.3) is 0 Å². The molecule has 3 aromatic rings. The lowest BCUT2D eigenvalue weighted by atomic mass is 10.0. The number of carbonyl (C=O) groups excluding carboxylic acids is 3. The summed E-state index contributed by atoms with van der Waals surface area (Å²) in [5.41, 5.74) is 0.152. The number of fused-ring (bicyclic) bond motifs is 3. The first-order chi connectivity index (χ1) is 31.3. The number of carboxylic acid groups (broad SMARTS) is 1. The second-order valence-corrected chi connectivity index (χ2v) is 20.5. The van der Waals surface area contributed by atoms with Gasteiger partial charge in [0.15, 0.2) is 5.13 Å². The molecule has 0 bridgehead atoms. The molecule has 4 aliphatic rings. The molecule has 0 unspecified atom stereocenters. The van der Waals surface area contributed by atoms with Crippen molar-refractivity contribution in [3.63, 3.8) is 0 Å². The maximum atomic E-state index is 14.7. The van der Waals surface area contributed by atoms with Crippen LogP contribution >= 0.6 is 18.9 Å². The Morgan fingerprint density at radius 3 is 2.49 bits per heavy atom. The molecular formula is C46H63N6O11PS. The fourth-order valence-electron chi connectivity index (χ4n) is 9.07. The number of ether oxygens (including phenoxy) is 3. The summed E-state index contributed by atoms with van der Waals surface area (Å²) in [5.74, 6) is -1.56. The van der Waals surface area contributed by atoms with E-state index in [1.54, 1.807) is 39.2 Å². The summed E-state index contributed by atoms with van der Waals surface area (Å²) in [6.07, 6.45) is 9.53. The number of allylic oxidation sites excluding steroid dienone is 1. The molecule has 3 fully saturated rings. The Hall–Kier alpha value is -4.77. The van der Waals surface area contributed by atoms with Crippen molar-refractivity contribution in [2.24, 2.45) is 5.92 Å². The van der Waals surface area contributed by atoms with Crippen LogP contribution in [0.4, 0.5) is 9.93 Å². The van der Waals surface area contributed by atoms with Gasteiger partial charge in [-0.1, -0.05) is 25.0 Å². The minimum atomic E-state index is -3.31. The van der Waals surface area contributed by atoms with Gasteiger partial charge in [0.05, 0.1) is 44.2 Å². The van der Waals surface area contributed by atoms with Gasteiger partial charge in [-0.05, 0) is 91.2 Å². The van der Waals surface area contributed by atoms with Crippen molar-refractivity contribution in [1.29, 1.82) is 0 Å². The summed E-state index contributed by atoms with van der Waals surface area (Å²) in [7, 11) is -1.74. The molecule has 354 valence electrons. The SMILES string of the molecule is CCOP(=O)(CCN(c1nc(-c2cc(O[C@@H]3C[C@H]4C(=O)N[C@]5(C(=O)O)C[C@H]5/C=C\CCCCC[C@H](NC(=O)OC5CCCC5)C(=O)N4C3)c3ccc(OC)cc3n2)cs1)C(C)C)OCC. The highest BCUT2D eigenvalue weighted by Crippen LogP contribution is 2.48. The number of aromatic nitrogens is 2. The fraction of sp³-hybridized carbons (Fsp3) is 0.609. The van der Waals surface area contributed by atoms with Gasteiger partial charge in [-0.25, -0.2) is 19.6 Å². The number of hydrogen-bond donors (Lipinski definition) is 3. The van der Waals surface area contributed by atoms with Crippen LogP contribution in [-0.4, -0.2) is 119 Å². The molecule has 1 saturated heterocycles. The molecule has 3 N–H and O–H groups in total. The van der Waals surface area contributed by atoms with Crippen LogP contribution in [0, 0.1) is 5.92 Å². The molecule has 65 heavy (non-hydrogen) atoms. The number of pyridine rings is 1. The number of hydrogen-bond acceptors (Lipinski definition) is 14. The summed E-state index contributed by atoms with van der Waals surface area (Å²) in [5, 5.41) is 19.3. The highest BCUT2D eigenvalue weighted by molar-refractivity contribution is 7.53. The number of nitrogens with zero attached hydrogens (tertiary/aromatic N) is 4. The number of carboxylic acids is 1. The Balaban J connectivity index is 1.19. The number of methoxy groups -OCH3 is 1. The first-order valence-electron chi connectivity index (χ1n) is 23.0. The molecule has 1 aromatic carbocycles. The Morgan fingerprint density at radius 2 is 1.78 bits per heavy atom. The molecule has 2 saturated carbocycles. The van der Waals surface area contributed by atoms with Gasteiger partial charge >= 0.3 is 19.7 Å². The highest BCUT2D eigenvalue weighted by atomic mass is 32.1. The minimum absolute atomic E-state index is 0.00811. The number of nitrogens with one attached hydrogen (secondary N) is 2. The van der Waals surface area contributed by atoms with E-state index in [0.29, 0.717) is 58.3 Å². The van der Waals surface area contributed by atoms with Gasteiger partial charge in [-0.3, -0.25) is 14.2 Å². The predicted molar refractivity (Wildman–Crippen MR) is 247 cm³/mol. The summed E-state index contributed by atoms with van der Waals surface area (Å²) >= 11 is 1.42. The first-order valence-corrected chi connectivity index (χ1v) is 25.6. The Morgan fingerprint density at radius 1 is 1.03 bits per heavy atom. The van der Waals surface area contributed by atoms with Gasteiger partial charge < -0.3 is 48.8 Å². The van der Waals surface area contributed by atoms with Crippen molar-refractivity contribution in [1.82, 2.24) is 25.5 Å². The number of rotatable bonds is 16. The van der Waals surface area contributed by atoms with E-state index in [2.05, 4.69) is 10.6 Å². The quantitative estimate of drug-likeness (QED) is 0.0929. The molecule has 2 aliphatic carbocycles. The van der Waals surface area contributed by atoms with Crippen molar-refractivity contribution in [2.45, 2.75) is 134 Å². The van der Waals surface area contributed by atoms with Crippen molar-refractivity contribution in [3.8, 4) is 22.9 Å². The highest BCUT2D eigenvalue weighted by Gasteiger charge is 2.61. The van der Waals surface area contributed by atoms with E-state index < -0.39 is 55.2 Å².